The average Bonchev–Trinajstić information content (AvgIpc) is 3.41. The van der Waals surface area contributed by atoms with Crippen molar-refractivity contribution in [3.63, 3.8) is 0 Å². The zero-order valence-electron chi connectivity index (χ0n) is 17.5. The topological polar surface area (TPSA) is 48.8 Å². The molecule has 0 spiro atoms. The van der Waals surface area contributed by atoms with Crippen molar-refractivity contribution in [2.75, 3.05) is 24.5 Å². The summed E-state index contributed by atoms with van der Waals surface area (Å²) in [4.78, 5) is 25.7. The predicted octanol–water partition coefficient (Wildman–Crippen LogP) is 3.95. The van der Waals surface area contributed by atoms with Crippen molar-refractivity contribution in [3.8, 4) is 0 Å². The van der Waals surface area contributed by atoms with E-state index in [1.54, 1.807) is 6.20 Å². The van der Waals surface area contributed by atoms with Gasteiger partial charge in [0, 0.05) is 55.7 Å². The Hall–Kier alpha value is -2.95. The highest BCUT2D eigenvalue weighted by molar-refractivity contribution is 6.15. The van der Waals surface area contributed by atoms with E-state index in [1.807, 2.05) is 19.2 Å². The number of benzene rings is 1. The van der Waals surface area contributed by atoms with E-state index in [1.165, 1.54) is 16.8 Å². The van der Waals surface area contributed by atoms with Crippen molar-refractivity contribution >= 4 is 23.4 Å². The molecule has 0 saturated carbocycles. The number of likely N-dealkylation sites (tertiary alicyclic amines) is 1. The van der Waals surface area contributed by atoms with Gasteiger partial charge in [0.25, 0.3) is 0 Å². The van der Waals surface area contributed by atoms with Crippen LogP contribution in [0.5, 0.6) is 0 Å². The number of carbonyl (C=O) groups is 1. The molecule has 1 aromatic heterocycles. The number of amides is 1. The van der Waals surface area contributed by atoms with Gasteiger partial charge in [0.15, 0.2) is 0 Å². The first kappa shape index (κ1) is 19.0. The molecule has 0 N–H and O–H groups in total. The highest BCUT2D eigenvalue weighted by Crippen LogP contribution is 2.35. The molecule has 4 heterocycles. The van der Waals surface area contributed by atoms with Crippen molar-refractivity contribution in [3.05, 3.63) is 65.5 Å². The predicted molar refractivity (Wildman–Crippen MR) is 121 cm³/mol. The van der Waals surface area contributed by atoms with Crippen molar-refractivity contribution in [2.45, 2.75) is 44.7 Å². The molecule has 5 nitrogen and oxygen atoms in total. The lowest BCUT2D eigenvalue weighted by atomic mass is 9.95. The van der Waals surface area contributed by atoms with E-state index < -0.39 is 0 Å². The molecule has 0 aliphatic carbocycles. The largest absolute Gasteiger partial charge is 0.365 e. The Labute approximate surface area is 178 Å². The number of aromatic nitrogens is 1. The number of rotatable bonds is 4. The number of carbonyl (C=O) groups excluding carboxylic acids is 1. The summed E-state index contributed by atoms with van der Waals surface area (Å²) in [6.45, 7) is 4.66. The second-order valence-corrected chi connectivity index (χ2v) is 8.43. The van der Waals surface area contributed by atoms with Gasteiger partial charge in [0.2, 0.25) is 5.91 Å². The van der Waals surface area contributed by atoms with Gasteiger partial charge in [-0.05, 0) is 60.7 Å². The fraction of sp³-hybridized carbons (Fsp3) is 0.400. The molecule has 30 heavy (non-hydrogen) atoms. The molecule has 0 radical (unpaired) electrons. The van der Waals surface area contributed by atoms with E-state index in [0.29, 0.717) is 24.4 Å². The third-order valence-electron chi connectivity index (χ3n) is 6.54. The van der Waals surface area contributed by atoms with Crippen LogP contribution < -0.4 is 4.90 Å². The first-order valence-corrected chi connectivity index (χ1v) is 11.0. The van der Waals surface area contributed by atoms with Gasteiger partial charge in [-0.25, -0.2) is 0 Å². The monoisotopic (exact) mass is 400 g/mol. The molecule has 154 valence electrons. The van der Waals surface area contributed by atoms with E-state index in [2.05, 4.69) is 51.2 Å². The van der Waals surface area contributed by atoms with Gasteiger partial charge in [0.05, 0.1) is 11.8 Å². The Morgan fingerprint density at radius 1 is 1.17 bits per heavy atom. The minimum Gasteiger partial charge on any atom is -0.365 e. The van der Waals surface area contributed by atoms with Crippen LogP contribution in [0.2, 0.25) is 0 Å². The van der Waals surface area contributed by atoms with E-state index in [4.69, 9.17) is 4.99 Å². The number of hydrogen-bond acceptors (Lipinski definition) is 4. The standard InChI is InChI=1S/C25H28N4O/c1-2-24(30)29-17-22-14-23(29)16-28(22)21-9-7-18(8-10-21)13-19-5-4-12-27-25(19)20-6-3-11-26-15-20/h3,6-11,13,15,22-23H,2,4-5,12,14,16-17H2,1H3/b19-13+/t22-,23-/m0/s1. The lowest BCUT2D eigenvalue weighted by molar-refractivity contribution is -0.131. The molecule has 3 aliphatic rings. The summed E-state index contributed by atoms with van der Waals surface area (Å²) < 4.78 is 0. The second-order valence-electron chi connectivity index (χ2n) is 8.43. The summed E-state index contributed by atoms with van der Waals surface area (Å²) in [7, 11) is 0. The molecule has 1 aromatic carbocycles. The molecule has 2 fully saturated rings. The first-order chi connectivity index (χ1) is 14.7. The maximum absolute atomic E-state index is 12.1. The molecule has 5 heteroatoms. The van der Waals surface area contributed by atoms with Crippen LogP contribution in [0.1, 0.15) is 43.7 Å². The van der Waals surface area contributed by atoms with E-state index in [9.17, 15) is 4.79 Å². The highest BCUT2D eigenvalue weighted by Gasteiger charge is 2.44. The molecule has 1 amide bonds. The Balaban J connectivity index is 1.32. The van der Waals surface area contributed by atoms with Crippen LogP contribution in [0.25, 0.3) is 6.08 Å². The van der Waals surface area contributed by atoms with Gasteiger partial charge in [-0.1, -0.05) is 19.1 Å². The van der Waals surface area contributed by atoms with Crippen LogP contribution in [-0.4, -0.2) is 53.2 Å². The summed E-state index contributed by atoms with van der Waals surface area (Å²) in [6.07, 6.45) is 9.82. The average molecular weight is 401 g/mol. The molecular weight excluding hydrogens is 372 g/mol. The number of aliphatic imine (C=N–C) groups is 1. The number of nitrogens with zero attached hydrogens (tertiary/aromatic N) is 4. The first-order valence-electron chi connectivity index (χ1n) is 11.0. The number of hydrogen-bond donors (Lipinski definition) is 0. The Morgan fingerprint density at radius 2 is 2.03 bits per heavy atom. The molecular formula is C25H28N4O. The van der Waals surface area contributed by atoms with Gasteiger partial charge in [-0.3, -0.25) is 14.8 Å². The van der Waals surface area contributed by atoms with Gasteiger partial charge in [-0.15, -0.1) is 0 Å². The second kappa shape index (κ2) is 8.05. The molecule has 3 aliphatic heterocycles. The molecule has 2 aromatic rings. The van der Waals surface area contributed by atoms with Crippen LogP contribution in [0.4, 0.5) is 5.69 Å². The van der Waals surface area contributed by atoms with E-state index in [-0.39, 0.29) is 0 Å². The summed E-state index contributed by atoms with van der Waals surface area (Å²) >= 11 is 0. The molecule has 2 saturated heterocycles. The van der Waals surface area contributed by atoms with Crippen LogP contribution >= 0.6 is 0 Å². The minimum atomic E-state index is 0.294. The maximum atomic E-state index is 12.1. The summed E-state index contributed by atoms with van der Waals surface area (Å²) in [5.74, 6) is 0.294. The zero-order chi connectivity index (χ0) is 20.5. The Bertz CT molecular complexity index is 980. The van der Waals surface area contributed by atoms with E-state index >= 15 is 0 Å². The number of piperazine rings is 1. The van der Waals surface area contributed by atoms with Crippen LogP contribution in [0.3, 0.4) is 0 Å². The summed E-state index contributed by atoms with van der Waals surface area (Å²) in [6, 6.07) is 13.8. The number of fused-ring (bicyclic) bond motifs is 2. The quantitative estimate of drug-likeness (QED) is 0.781. The third-order valence-corrected chi connectivity index (χ3v) is 6.54. The smallest absolute Gasteiger partial charge is 0.222 e. The van der Waals surface area contributed by atoms with Crippen LogP contribution in [-0.2, 0) is 4.79 Å². The van der Waals surface area contributed by atoms with E-state index in [0.717, 1.165) is 50.2 Å². The van der Waals surface area contributed by atoms with Crippen molar-refractivity contribution in [1.82, 2.24) is 9.88 Å². The molecule has 0 unspecified atom stereocenters. The van der Waals surface area contributed by atoms with Crippen LogP contribution in [0, 0.1) is 0 Å². The number of anilines is 1. The lowest BCUT2D eigenvalue weighted by Crippen LogP contribution is -2.48. The zero-order valence-corrected chi connectivity index (χ0v) is 17.5. The summed E-state index contributed by atoms with van der Waals surface area (Å²) in [5, 5.41) is 0. The fourth-order valence-electron chi connectivity index (χ4n) is 5.06. The maximum Gasteiger partial charge on any atom is 0.222 e. The Morgan fingerprint density at radius 3 is 2.73 bits per heavy atom. The molecule has 5 rings (SSSR count). The number of pyridine rings is 1. The minimum absolute atomic E-state index is 0.294. The van der Waals surface area contributed by atoms with Gasteiger partial charge >= 0.3 is 0 Å². The van der Waals surface area contributed by atoms with Crippen LogP contribution in [0.15, 0.2) is 59.4 Å². The van der Waals surface area contributed by atoms with Crippen molar-refractivity contribution < 1.29 is 4.79 Å². The number of allylic oxidation sites excluding steroid dienone is 1. The molecule has 2 atom stereocenters. The van der Waals surface area contributed by atoms with Crippen molar-refractivity contribution in [2.24, 2.45) is 4.99 Å². The summed E-state index contributed by atoms with van der Waals surface area (Å²) in [5.41, 5.74) is 5.93. The third kappa shape index (κ3) is 3.53. The lowest BCUT2D eigenvalue weighted by Gasteiger charge is -2.35. The normalized spacial score (nSPS) is 24.4. The fourth-order valence-corrected chi connectivity index (χ4v) is 5.06. The van der Waals surface area contributed by atoms with Gasteiger partial charge in [0.1, 0.15) is 0 Å². The van der Waals surface area contributed by atoms with Gasteiger partial charge in [-0.2, -0.15) is 0 Å². The highest BCUT2D eigenvalue weighted by atomic mass is 16.2. The van der Waals surface area contributed by atoms with Gasteiger partial charge < -0.3 is 9.80 Å². The molecule has 2 bridgehead atoms. The van der Waals surface area contributed by atoms with Crippen molar-refractivity contribution in [1.29, 1.82) is 0 Å². The Kier molecular flexibility index (Phi) is 5.11. The SMILES string of the molecule is CCC(=O)N1C[C@@H]2C[C@H]1CN2c1ccc(/C=C2\CCCN=C2c2cccnc2)cc1.